The van der Waals surface area contributed by atoms with Crippen molar-refractivity contribution < 1.29 is 13.2 Å². The Balaban J connectivity index is 2.31. The van der Waals surface area contributed by atoms with Gasteiger partial charge in [-0.15, -0.1) is 0 Å². The van der Waals surface area contributed by atoms with E-state index in [1.807, 2.05) is 0 Å². The molecule has 5 nitrogen and oxygen atoms in total. The van der Waals surface area contributed by atoms with E-state index in [0.29, 0.717) is 23.6 Å². The molecule has 0 unspecified atom stereocenters. The molecule has 2 rings (SSSR count). The number of halogens is 3. The molecule has 1 saturated heterocycles. The van der Waals surface area contributed by atoms with Crippen LogP contribution in [0.1, 0.15) is 11.9 Å². The Bertz CT molecular complexity index is 443. The number of hydrogen-bond donors (Lipinski definition) is 1. The van der Waals surface area contributed by atoms with E-state index in [2.05, 4.69) is 10.4 Å². The zero-order valence-corrected chi connectivity index (χ0v) is 8.58. The third kappa shape index (κ3) is 1.97. The van der Waals surface area contributed by atoms with Crippen molar-refractivity contribution in [3.8, 4) is 0 Å². The summed E-state index contributed by atoms with van der Waals surface area (Å²) in [5.41, 5.74) is -0.693. The van der Waals surface area contributed by atoms with E-state index in [1.54, 1.807) is 0 Å². The normalized spacial score (nSPS) is 17.5. The van der Waals surface area contributed by atoms with Crippen molar-refractivity contribution in [1.29, 1.82) is 0 Å². The summed E-state index contributed by atoms with van der Waals surface area (Å²) in [6.07, 6.45) is -4.42. The van der Waals surface area contributed by atoms with Gasteiger partial charge in [0.05, 0.1) is 6.04 Å². The molecule has 0 aliphatic carbocycles. The molecule has 0 bridgehead atoms. The van der Waals surface area contributed by atoms with E-state index in [9.17, 15) is 18.0 Å². The van der Waals surface area contributed by atoms with E-state index < -0.39 is 18.4 Å². The number of nitrogens with one attached hydrogen (secondary N) is 1. The minimum atomic E-state index is -4.42. The maximum atomic E-state index is 12.1. The van der Waals surface area contributed by atoms with Crippen LogP contribution in [0.2, 0.25) is 0 Å². The number of hydrogen-bond acceptors (Lipinski definition) is 3. The van der Waals surface area contributed by atoms with Crippen molar-refractivity contribution in [2.45, 2.75) is 25.7 Å². The first kappa shape index (κ1) is 11.2. The lowest BCUT2D eigenvalue weighted by atomic mass is 10.2. The lowest BCUT2D eigenvalue weighted by molar-refractivity contribution is -0.143. The summed E-state index contributed by atoms with van der Waals surface area (Å²) < 4.78 is 38.2. The van der Waals surface area contributed by atoms with Crippen LogP contribution in [-0.2, 0) is 6.54 Å². The van der Waals surface area contributed by atoms with Crippen LogP contribution in [-0.4, -0.2) is 33.6 Å². The fraction of sp³-hybridized carbons (Fsp3) is 0.750. The van der Waals surface area contributed by atoms with Crippen LogP contribution in [0.25, 0.3) is 0 Å². The van der Waals surface area contributed by atoms with Gasteiger partial charge in [-0.3, -0.25) is 4.57 Å². The molecule has 1 N–H and O–H groups in total. The summed E-state index contributed by atoms with van der Waals surface area (Å²) in [5, 5.41) is 6.57. The molecule has 1 fully saturated rings. The number of nitrogens with zero attached hydrogens (tertiary/aromatic N) is 3. The monoisotopic (exact) mass is 236 g/mol. The van der Waals surface area contributed by atoms with E-state index >= 15 is 0 Å². The molecule has 1 aliphatic rings. The summed E-state index contributed by atoms with van der Waals surface area (Å²) >= 11 is 0. The molecule has 16 heavy (non-hydrogen) atoms. The van der Waals surface area contributed by atoms with Gasteiger partial charge in [0, 0.05) is 13.1 Å². The van der Waals surface area contributed by atoms with Crippen LogP contribution in [0.3, 0.4) is 0 Å². The Morgan fingerprint density at radius 3 is 2.56 bits per heavy atom. The van der Waals surface area contributed by atoms with E-state index in [0.717, 1.165) is 0 Å². The standard InChI is InChI=1S/C8H11F3N4O/c1-5-13-14(4-8(9,10)11)7(16)15(5)6-2-12-3-6/h6,12H,2-4H2,1H3. The van der Waals surface area contributed by atoms with Crippen molar-refractivity contribution >= 4 is 0 Å². The van der Waals surface area contributed by atoms with Gasteiger partial charge < -0.3 is 5.32 Å². The molecule has 0 aromatic carbocycles. The van der Waals surface area contributed by atoms with Crippen molar-refractivity contribution in [2.75, 3.05) is 13.1 Å². The molecule has 0 radical (unpaired) electrons. The minimum Gasteiger partial charge on any atom is -0.313 e. The Labute approximate surface area is 88.9 Å². The van der Waals surface area contributed by atoms with Crippen LogP contribution in [0.15, 0.2) is 4.79 Å². The highest BCUT2D eigenvalue weighted by Crippen LogP contribution is 2.17. The average molecular weight is 236 g/mol. The van der Waals surface area contributed by atoms with Gasteiger partial charge >= 0.3 is 11.9 Å². The van der Waals surface area contributed by atoms with Gasteiger partial charge in [0.2, 0.25) is 0 Å². The third-order valence-electron chi connectivity index (χ3n) is 2.50. The Hall–Kier alpha value is -1.31. The lowest BCUT2D eigenvalue weighted by Gasteiger charge is -2.27. The summed E-state index contributed by atoms with van der Waals surface area (Å²) in [7, 11) is 0. The number of alkyl halides is 3. The van der Waals surface area contributed by atoms with Gasteiger partial charge in [-0.1, -0.05) is 0 Å². The zero-order chi connectivity index (χ0) is 11.9. The highest BCUT2D eigenvalue weighted by molar-refractivity contribution is 4.93. The first-order valence-electron chi connectivity index (χ1n) is 4.82. The van der Waals surface area contributed by atoms with Crippen LogP contribution in [0, 0.1) is 6.92 Å². The second-order valence-electron chi connectivity index (χ2n) is 3.78. The molecular formula is C8H11F3N4O. The summed E-state index contributed by atoms with van der Waals surface area (Å²) in [5.74, 6) is 0.320. The van der Waals surface area contributed by atoms with Crippen LogP contribution < -0.4 is 11.0 Å². The van der Waals surface area contributed by atoms with E-state index in [4.69, 9.17) is 0 Å². The predicted octanol–water partition coefficient (Wildman–Crippen LogP) is 0.0598. The topological polar surface area (TPSA) is 51.9 Å². The van der Waals surface area contributed by atoms with Crippen molar-refractivity contribution in [1.82, 2.24) is 19.7 Å². The van der Waals surface area contributed by atoms with E-state index in [1.165, 1.54) is 11.5 Å². The SMILES string of the molecule is Cc1nn(CC(F)(F)F)c(=O)n1C1CNC1. The Morgan fingerprint density at radius 1 is 1.50 bits per heavy atom. The molecule has 0 atom stereocenters. The van der Waals surface area contributed by atoms with Gasteiger partial charge in [-0.05, 0) is 6.92 Å². The molecule has 1 aliphatic heterocycles. The fourth-order valence-electron chi connectivity index (χ4n) is 1.68. The second kappa shape index (κ2) is 3.62. The van der Waals surface area contributed by atoms with Crippen molar-refractivity contribution in [3.63, 3.8) is 0 Å². The maximum Gasteiger partial charge on any atom is 0.408 e. The van der Waals surface area contributed by atoms with Gasteiger partial charge in [0.15, 0.2) is 0 Å². The quantitative estimate of drug-likeness (QED) is 0.790. The highest BCUT2D eigenvalue weighted by Gasteiger charge is 2.32. The highest BCUT2D eigenvalue weighted by atomic mass is 19.4. The number of aryl methyl sites for hydroxylation is 1. The molecule has 0 amide bonds. The minimum absolute atomic E-state index is 0.0746. The molecule has 1 aromatic rings. The maximum absolute atomic E-state index is 12.1. The molecule has 0 saturated carbocycles. The Kier molecular flexibility index (Phi) is 2.53. The largest absolute Gasteiger partial charge is 0.408 e. The molecule has 8 heteroatoms. The first-order valence-corrected chi connectivity index (χ1v) is 4.82. The number of rotatable bonds is 2. The summed E-state index contributed by atoms with van der Waals surface area (Å²) in [6.45, 7) is 1.39. The van der Waals surface area contributed by atoms with Gasteiger partial charge in [-0.25, -0.2) is 9.48 Å². The number of aromatic nitrogens is 3. The van der Waals surface area contributed by atoms with Gasteiger partial charge in [-0.2, -0.15) is 18.3 Å². The van der Waals surface area contributed by atoms with Crippen molar-refractivity contribution in [3.05, 3.63) is 16.3 Å². The second-order valence-corrected chi connectivity index (χ2v) is 3.78. The van der Waals surface area contributed by atoms with Gasteiger partial charge in [0.25, 0.3) is 0 Å². The van der Waals surface area contributed by atoms with Crippen LogP contribution in [0.4, 0.5) is 13.2 Å². The molecular weight excluding hydrogens is 225 g/mol. The molecule has 2 heterocycles. The van der Waals surface area contributed by atoms with Crippen LogP contribution >= 0.6 is 0 Å². The molecule has 90 valence electrons. The third-order valence-corrected chi connectivity index (χ3v) is 2.50. The predicted molar refractivity (Wildman–Crippen MR) is 49.2 cm³/mol. The fourth-order valence-corrected chi connectivity index (χ4v) is 1.68. The summed E-state index contributed by atoms with van der Waals surface area (Å²) in [4.78, 5) is 11.6. The first-order chi connectivity index (χ1) is 7.38. The van der Waals surface area contributed by atoms with E-state index in [-0.39, 0.29) is 6.04 Å². The van der Waals surface area contributed by atoms with Gasteiger partial charge in [0.1, 0.15) is 12.4 Å². The lowest BCUT2D eigenvalue weighted by Crippen LogP contribution is -2.47. The molecule has 0 spiro atoms. The molecule has 1 aromatic heterocycles. The average Bonchev–Trinajstić information content (AvgIpc) is 2.27. The zero-order valence-electron chi connectivity index (χ0n) is 8.58. The van der Waals surface area contributed by atoms with Crippen LogP contribution in [0.5, 0.6) is 0 Å². The Morgan fingerprint density at radius 2 is 2.12 bits per heavy atom. The summed E-state index contributed by atoms with van der Waals surface area (Å²) in [6, 6.07) is -0.0746. The van der Waals surface area contributed by atoms with Crippen molar-refractivity contribution in [2.24, 2.45) is 0 Å². The smallest absolute Gasteiger partial charge is 0.313 e.